The van der Waals surface area contributed by atoms with Gasteiger partial charge in [0.2, 0.25) is 9.84 Å². The van der Waals surface area contributed by atoms with Gasteiger partial charge >= 0.3 is 0 Å². The van der Waals surface area contributed by atoms with Gasteiger partial charge in [-0.1, -0.05) is 24.3 Å². The number of ether oxygens (including phenoxy) is 2. The predicted molar refractivity (Wildman–Crippen MR) is 134 cm³/mol. The molecule has 0 unspecified atom stereocenters. The Hall–Kier alpha value is -4.44. The SMILES string of the molecule is COc1ccc(S(=O)(=O)c2c(N)n(N=Cc3ccccc3OC)c3nc4ccccc4nc23)cc1. The highest BCUT2D eigenvalue weighted by atomic mass is 32.2. The molecule has 0 spiro atoms. The highest BCUT2D eigenvalue weighted by molar-refractivity contribution is 7.92. The van der Waals surface area contributed by atoms with Crippen molar-refractivity contribution in [1.29, 1.82) is 0 Å². The third-order valence-electron chi connectivity index (χ3n) is 5.52. The second-order valence-corrected chi connectivity index (χ2v) is 9.46. The molecule has 2 aromatic heterocycles. The minimum atomic E-state index is -4.07. The highest BCUT2D eigenvalue weighted by Gasteiger charge is 2.30. The van der Waals surface area contributed by atoms with E-state index in [1.165, 1.54) is 30.1 Å². The number of hydrogen-bond donors (Lipinski definition) is 1. The number of nitrogen functional groups attached to an aromatic ring is 1. The van der Waals surface area contributed by atoms with Crippen molar-refractivity contribution in [2.75, 3.05) is 20.0 Å². The fourth-order valence-electron chi connectivity index (χ4n) is 3.77. The lowest BCUT2D eigenvalue weighted by atomic mass is 10.2. The van der Waals surface area contributed by atoms with Crippen LogP contribution in [0.3, 0.4) is 0 Å². The first-order valence-corrected chi connectivity index (χ1v) is 12.1. The van der Waals surface area contributed by atoms with Crippen LogP contribution >= 0.6 is 0 Å². The standard InChI is InChI=1S/C25H21N5O4S/c1-33-17-11-13-18(14-12-17)35(31,32)23-22-25(29-20-9-5-4-8-19(20)28-22)30(24(23)26)27-15-16-7-3-6-10-21(16)34-2/h3-15H,26H2,1-2H3. The van der Waals surface area contributed by atoms with Crippen LogP contribution < -0.4 is 15.2 Å². The van der Waals surface area contributed by atoms with E-state index in [2.05, 4.69) is 15.1 Å². The van der Waals surface area contributed by atoms with E-state index in [0.717, 1.165) is 0 Å². The highest BCUT2D eigenvalue weighted by Crippen LogP contribution is 2.35. The van der Waals surface area contributed by atoms with Crippen molar-refractivity contribution < 1.29 is 17.9 Å². The number of aromatic nitrogens is 3. The molecule has 0 aliphatic carbocycles. The van der Waals surface area contributed by atoms with Crippen molar-refractivity contribution in [2.24, 2.45) is 5.10 Å². The Morgan fingerprint density at radius 3 is 2.23 bits per heavy atom. The van der Waals surface area contributed by atoms with Gasteiger partial charge in [-0.25, -0.2) is 18.4 Å². The number of methoxy groups -OCH3 is 2. The van der Waals surface area contributed by atoms with Crippen molar-refractivity contribution >= 4 is 44.1 Å². The van der Waals surface area contributed by atoms with Gasteiger partial charge in [0.05, 0.1) is 36.4 Å². The number of anilines is 1. The molecule has 0 atom stereocenters. The van der Waals surface area contributed by atoms with Gasteiger partial charge < -0.3 is 15.2 Å². The van der Waals surface area contributed by atoms with E-state index in [0.29, 0.717) is 28.1 Å². The van der Waals surface area contributed by atoms with E-state index in [4.69, 9.17) is 15.2 Å². The summed E-state index contributed by atoms with van der Waals surface area (Å²) in [6.07, 6.45) is 1.54. The maximum atomic E-state index is 13.7. The lowest BCUT2D eigenvalue weighted by Crippen LogP contribution is -2.06. The Labute approximate surface area is 201 Å². The number of sulfone groups is 1. The van der Waals surface area contributed by atoms with E-state index < -0.39 is 9.84 Å². The predicted octanol–water partition coefficient (Wildman–Crippen LogP) is 3.90. The molecule has 10 heteroatoms. The fourth-order valence-corrected chi connectivity index (χ4v) is 5.25. The smallest absolute Gasteiger partial charge is 0.212 e. The lowest BCUT2D eigenvalue weighted by molar-refractivity contribution is 0.414. The molecule has 9 nitrogen and oxygen atoms in total. The minimum absolute atomic E-state index is 0.0488. The molecule has 0 amide bonds. The summed E-state index contributed by atoms with van der Waals surface area (Å²) < 4.78 is 39.3. The summed E-state index contributed by atoms with van der Waals surface area (Å²) in [4.78, 5) is 9.14. The Morgan fingerprint density at radius 1 is 0.886 bits per heavy atom. The first kappa shape index (κ1) is 22.4. The largest absolute Gasteiger partial charge is 0.497 e. The van der Waals surface area contributed by atoms with Crippen LogP contribution in [0, 0.1) is 0 Å². The molecule has 0 bridgehead atoms. The monoisotopic (exact) mass is 487 g/mol. The van der Waals surface area contributed by atoms with Crippen molar-refractivity contribution in [3.8, 4) is 11.5 Å². The van der Waals surface area contributed by atoms with Crippen molar-refractivity contribution in [2.45, 2.75) is 9.79 Å². The van der Waals surface area contributed by atoms with E-state index in [9.17, 15) is 8.42 Å². The maximum absolute atomic E-state index is 13.7. The lowest BCUT2D eigenvalue weighted by Gasteiger charge is -2.06. The Kier molecular flexibility index (Phi) is 5.58. The molecule has 5 rings (SSSR count). The summed E-state index contributed by atoms with van der Waals surface area (Å²) in [5, 5.41) is 4.47. The molecule has 2 N–H and O–H groups in total. The third kappa shape index (κ3) is 3.83. The summed E-state index contributed by atoms with van der Waals surface area (Å²) in [5.41, 5.74) is 8.59. The van der Waals surface area contributed by atoms with Crippen LogP contribution in [0.1, 0.15) is 5.56 Å². The van der Waals surface area contributed by atoms with E-state index in [1.807, 2.05) is 24.3 Å². The van der Waals surface area contributed by atoms with Crippen molar-refractivity contribution in [3.05, 3.63) is 78.4 Å². The molecule has 35 heavy (non-hydrogen) atoms. The van der Waals surface area contributed by atoms with Crippen LogP contribution in [0.2, 0.25) is 0 Å². The first-order valence-electron chi connectivity index (χ1n) is 10.6. The minimum Gasteiger partial charge on any atom is -0.497 e. The summed E-state index contributed by atoms with van der Waals surface area (Å²) in [7, 11) is -0.999. The van der Waals surface area contributed by atoms with Crippen LogP contribution in [0.4, 0.5) is 5.82 Å². The average molecular weight is 488 g/mol. The Balaban J connectivity index is 1.77. The second kappa shape index (κ2) is 8.73. The number of para-hydroxylation sites is 3. The summed E-state index contributed by atoms with van der Waals surface area (Å²) in [6.45, 7) is 0. The molecule has 176 valence electrons. The normalized spacial score (nSPS) is 11.9. The molecule has 0 aliphatic rings. The van der Waals surface area contributed by atoms with Gasteiger partial charge in [0.1, 0.15) is 27.7 Å². The first-order chi connectivity index (χ1) is 16.9. The van der Waals surface area contributed by atoms with E-state index >= 15 is 0 Å². The summed E-state index contributed by atoms with van der Waals surface area (Å²) in [6, 6.07) is 20.5. The Morgan fingerprint density at radius 2 is 1.54 bits per heavy atom. The molecular weight excluding hydrogens is 466 g/mol. The number of hydrogen-bond acceptors (Lipinski definition) is 8. The molecule has 0 aliphatic heterocycles. The molecular formula is C25H21N5O4S. The van der Waals surface area contributed by atoms with Crippen LogP contribution in [-0.2, 0) is 9.84 Å². The molecule has 0 saturated carbocycles. The van der Waals surface area contributed by atoms with Gasteiger partial charge in [-0.15, -0.1) is 0 Å². The third-order valence-corrected chi connectivity index (χ3v) is 7.35. The number of benzene rings is 3. The van der Waals surface area contributed by atoms with Gasteiger partial charge in [-0.2, -0.15) is 9.78 Å². The van der Waals surface area contributed by atoms with Crippen LogP contribution in [0.15, 0.2) is 87.7 Å². The summed E-state index contributed by atoms with van der Waals surface area (Å²) >= 11 is 0. The second-order valence-electron chi connectivity index (χ2n) is 7.58. The van der Waals surface area contributed by atoms with E-state index in [1.54, 1.807) is 43.5 Å². The van der Waals surface area contributed by atoms with Gasteiger partial charge in [0.15, 0.2) is 5.65 Å². The van der Waals surface area contributed by atoms with Gasteiger partial charge in [-0.3, -0.25) is 0 Å². The molecule has 0 fully saturated rings. The van der Waals surface area contributed by atoms with Crippen LogP contribution in [0.5, 0.6) is 11.5 Å². The fraction of sp³-hybridized carbons (Fsp3) is 0.0800. The zero-order valence-corrected chi connectivity index (χ0v) is 19.7. The topological polar surface area (TPSA) is 122 Å². The molecule has 0 radical (unpaired) electrons. The zero-order chi connectivity index (χ0) is 24.6. The van der Waals surface area contributed by atoms with Crippen LogP contribution in [-0.4, -0.2) is 43.5 Å². The van der Waals surface area contributed by atoms with E-state index in [-0.39, 0.29) is 26.8 Å². The number of nitrogens with zero attached hydrogens (tertiary/aromatic N) is 4. The zero-order valence-electron chi connectivity index (χ0n) is 18.9. The summed E-state index contributed by atoms with van der Waals surface area (Å²) in [5.74, 6) is 1.04. The van der Waals surface area contributed by atoms with Gasteiger partial charge in [0, 0.05) is 5.56 Å². The van der Waals surface area contributed by atoms with Crippen LogP contribution in [0.25, 0.3) is 22.2 Å². The Bertz CT molecular complexity index is 1690. The van der Waals surface area contributed by atoms with Gasteiger partial charge in [0.25, 0.3) is 0 Å². The van der Waals surface area contributed by atoms with Crippen molar-refractivity contribution in [1.82, 2.24) is 14.6 Å². The van der Waals surface area contributed by atoms with Gasteiger partial charge in [-0.05, 0) is 48.5 Å². The molecule has 2 heterocycles. The molecule has 5 aromatic rings. The van der Waals surface area contributed by atoms with Crippen molar-refractivity contribution in [3.63, 3.8) is 0 Å². The number of fused-ring (bicyclic) bond motifs is 2. The maximum Gasteiger partial charge on any atom is 0.212 e. The molecule has 0 saturated heterocycles. The molecule has 3 aromatic carbocycles. The quantitative estimate of drug-likeness (QED) is 0.361. The average Bonchev–Trinajstić information content (AvgIpc) is 3.16. The number of nitrogens with two attached hydrogens (primary N) is 1. The number of rotatable bonds is 6.